The Morgan fingerprint density at radius 3 is 2.73 bits per heavy atom. The Morgan fingerprint density at radius 1 is 1.47 bits per heavy atom. The molecule has 3 heteroatoms. The molecule has 0 bridgehead atoms. The molecular formula is C12H17ClFN. The van der Waals surface area contributed by atoms with Gasteiger partial charge in [0, 0.05) is 16.6 Å². The van der Waals surface area contributed by atoms with E-state index in [1.165, 1.54) is 6.07 Å². The zero-order valence-corrected chi connectivity index (χ0v) is 9.94. The highest BCUT2D eigenvalue weighted by molar-refractivity contribution is 6.31. The minimum Gasteiger partial charge on any atom is -0.317 e. The van der Waals surface area contributed by atoms with E-state index < -0.39 is 0 Å². The van der Waals surface area contributed by atoms with Crippen LogP contribution in [-0.4, -0.2) is 13.1 Å². The molecule has 0 aliphatic carbocycles. The fourth-order valence-electron chi connectivity index (χ4n) is 1.67. The van der Waals surface area contributed by atoms with E-state index in [4.69, 9.17) is 11.6 Å². The minimum atomic E-state index is -0.209. The van der Waals surface area contributed by atoms with Crippen LogP contribution in [0, 0.1) is 5.82 Å². The van der Waals surface area contributed by atoms with E-state index in [-0.39, 0.29) is 5.82 Å². The van der Waals surface area contributed by atoms with Gasteiger partial charge in [-0.25, -0.2) is 4.39 Å². The molecule has 1 aromatic rings. The molecule has 1 atom stereocenters. The standard InChI is InChI=1S/C12H17ClFN/c1-3-5-9(15-2)8-10-11(13)6-4-7-12(10)14/h4,6-7,9,15H,3,5,8H2,1-2H3. The van der Waals surface area contributed by atoms with Crippen LogP contribution < -0.4 is 5.32 Å². The van der Waals surface area contributed by atoms with Crippen LogP contribution in [0.1, 0.15) is 25.3 Å². The van der Waals surface area contributed by atoms with Crippen molar-refractivity contribution in [2.24, 2.45) is 0 Å². The molecule has 1 N–H and O–H groups in total. The first-order valence-corrected chi connectivity index (χ1v) is 5.67. The maximum absolute atomic E-state index is 13.5. The Kier molecular flexibility index (Phi) is 5.06. The van der Waals surface area contributed by atoms with Crippen molar-refractivity contribution >= 4 is 11.6 Å². The van der Waals surface area contributed by atoms with Gasteiger partial charge in [-0.15, -0.1) is 0 Å². The van der Waals surface area contributed by atoms with Crippen molar-refractivity contribution < 1.29 is 4.39 Å². The minimum absolute atomic E-state index is 0.209. The molecule has 1 unspecified atom stereocenters. The third kappa shape index (κ3) is 3.47. The fourth-order valence-corrected chi connectivity index (χ4v) is 1.91. The van der Waals surface area contributed by atoms with E-state index in [0.29, 0.717) is 23.0 Å². The molecule has 0 saturated heterocycles. The number of benzene rings is 1. The zero-order chi connectivity index (χ0) is 11.3. The molecule has 15 heavy (non-hydrogen) atoms. The van der Waals surface area contributed by atoms with Gasteiger partial charge in [0.25, 0.3) is 0 Å². The lowest BCUT2D eigenvalue weighted by molar-refractivity contribution is 0.499. The highest BCUT2D eigenvalue weighted by Gasteiger charge is 2.12. The average Bonchev–Trinajstić information content (AvgIpc) is 2.22. The van der Waals surface area contributed by atoms with Gasteiger partial charge >= 0.3 is 0 Å². The number of halogens is 2. The topological polar surface area (TPSA) is 12.0 Å². The normalized spacial score (nSPS) is 12.8. The summed E-state index contributed by atoms with van der Waals surface area (Å²) in [6, 6.07) is 5.12. The molecule has 0 aliphatic heterocycles. The number of likely N-dealkylation sites (N-methyl/N-ethyl adjacent to an activating group) is 1. The lowest BCUT2D eigenvalue weighted by atomic mass is 10.0. The molecule has 0 amide bonds. The summed E-state index contributed by atoms with van der Waals surface area (Å²) >= 11 is 5.96. The van der Waals surface area contributed by atoms with Crippen LogP contribution in [0.25, 0.3) is 0 Å². The summed E-state index contributed by atoms with van der Waals surface area (Å²) in [6.07, 6.45) is 2.76. The van der Waals surface area contributed by atoms with E-state index in [1.54, 1.807) is 12.1 Å². The van der Waals surface area contributed by atoms with Gasteiger partial charge in [-0.2, -0.15) is 0 Å². The zero-order valence-electron chi connectivity index (χ0n) is 9.19. The maximum atomic E-state index is 13.5. The summed E-state index contributed by atoms with van der Waals surface area (Å²) in [4.78, 5) is 0. The summed E-state index contributed by atoms with van der Waals surface area (Å²) in [7, 11) is 1.90. The van der Waals surface area contributed by atoms with Crippen molar-refractivity contribution in [2.45, 2.75) is 32.2 Å². The van der Waals surface area contributed by atoms with Gasteiger partial charge in [-0.3, -0.25) is 0 Å². The van der Waals surface area contributed by atoms with Crippen molar-refractivity contribution in [2.75, 3.05) is 7.05 Å². The van der Waals surface area contributed by atoms with E-state index >= 15 is 0 Å². The monoisotopic (exact) mass is 229 g/mol. The Balaban J connectivity index is 2.78. The lowest BCUT2D eigenvalue weighted by Gasteiger charge is -2.16. The molecule has 0 heterocycles. The molecule has 0 fully saturated rings. The third-order valence-electron chi connectivity index (χ3n) is 2.56. The van der Waals surface area contributed by atoms with Crippen LogP contribution in [0.2, 0.25) is 5.02 Å². The summed E-state index contributed by atoms with van der Waals surface area (Å²) in [5, 5.41) is 3.70. The molecule has 1 nitrogen and oxygen atoms in total. The van der Waals surface area contributed by atoms with Crippen LogP contribution in [-0.2, 0) is 6.42 Å². The van der Waals surface area contributed by atoms with Crippen LogP contribution in [0.4, 0.5) is 4.39 Å². The van der Waals surface area contributed by atoms with Crippen LogP contribution in [0.5, 0.6) is 0 Å². The molecule has 84 valence electrons. The molecule has 0 spiro atoms. The van der Waals surface area contributed by atoms with Crippen molar-refractivity contribution in [3.8, 4) is 0 Å². The number of hydrogen-bond acceptors (Lipinski definition) is 1. The average molecular weight is 230 g/mol. The molecule has 0 aromatic heterocycles. The Labute approximate surface area is 95.6 Å². The van der Waals surface area contributed by atoms with Gasteiger partial charge in [0.1, 0.15) is 5.82 Å². The van der Waals surface area contributed by atoms with E-state index in [0.717, 1.165) is 12.8 Å². The number of hydrogen-bond donors (Lipinski definition) is 1. The van der Waals surface area contributed by atoms with Crippen LogP contribution in [0.15, 0.2) is 18.2 Å². The Bertz CT molecular complexity index is 294. The molecule has 0 radical (unpaired) electrons. The molecule has 0 aliphatic rings. The second kappa shape index (κ2) is 6.09. The second-order valence-electron chi connectivity index (χ2n) is 3.68. The van der Waals surface area contributed by atoms with Gasteiger partial charge in [-0.1, -0.05) is 31.0 Å². The SMILES string of the molecule is CCCC(Cc1c(F)cccc1Cl)NC. The maximum Gasteiger partial charge on any atom is 0.127 e. The van der Waals surface area contributed by atoms with E-state index in [1.807, 2.05) is 7.05 Å². The number of rotatable bonds is 5. The first-order valence-electron chi connectivity index (χ1n) is 5.29. The summed E-state index contributed by atoms with van der Waals surface area (Å²) in [5.74, 6) is -0.209. The molecule has 0 saturated carbocycles. The van der Waals surface area contributed by atoms with Crippen LogP contribution in [0.3, 0.4) is 0 Å². The van der Waals surface area contributed by atoms with Crippen molar-refractivity contribution in [3.63, 3.8) is 0 Å². The molecular weight excluding hydrogens is 213 g/mol. The molecule has 1 aromatic carbocycles. The Morgan fingerprint density at radius 2 is 2.20 bits per heavy atom. The van der Waals surface area contributed by atoms with Crippen LogP contribution >= 0.6 is 11.6 Å². The van der Waals surface area contributed by atoms with E-state index in [9.17, 15) is 4.39 Å². The van der Waals surface area contributed by atoms with Gasteiger partial charge in [0.15, 0.2) is 0 Å². The van der Waals surface area contributed by atoms with Gasteiger partial charge in [0.05, 0.1) is 0 Å². The summed E-state index contributed by atoms with van der Waals surface area (Å²) in [6.45, 7) is 2.12. The van der Waals surface area contributed by atoms with Crippen molar-refractivity contribution in [1.82, 2.24) is 5.32 Å². The first kappa shape index (κ1) is 12.5. The third-order valence-corrected chi connectivity index (χ3v) is 2.91. The largest absolute Gasteiger partial charge is 0.317 e. The lowest BCUT2D eigenvalue weighted by Crippen LogP contribution is -2.27. The smallest absolute Gasteiger partial charge is 0.127 e. The summed E-state index contributed by atoms with van der Waals surface area (Å²) in [5.41, 5.74) is 0.618. The van der Waals surface area contributed by atoms with E-state index in [2.05, 4.69) is 12.2 Å². The highest BCUT2D eigenvalue weighted by Crippen LogP contribution is 2.21. The van der Waals surface area contributed by atoms with Crippen molar-refractivity contribution in [3.05, 3.63) is 34.6 Å². The number of nitrogens with one attached hydrogen (secondary N) is 1. The second-order valence-corrected chi connectivity index (χ2v) is 4.09. The molecule has 1 rings (SSSR count). The van der Waals surface area contributed by atoms with Gasteiger partial charge < -0.3 is 5.32 Å². The van der Waals surface area contributed by atoms with Gasteiger partial charge in [-0.05, 0) is 32.0 Å². The highest BCUT2D eigenvalue weighted by atomic mass is 35.5. The predicted molar refractivity (Wildman–Crippen MR) is 62.9 cm³/mol. The van der Waals surface area contributed by atoms with Crippen molar-refractivity contribution in [1.29, 1.82) is 0 Å². The Hall–Kier alpha value is -0.600. The predicted octanol–water partition coefficient (Wildman–Crippen LogP) is 3.41. The fraction of sp³-hybridized carbons (Fsp3) is 0.500. The summed E-state index contributed by atoms with van der Waals surface area (Å²) < 4.78 is 13.5. The first-order chi connectivity index (χ1) is 7.19. The van der Waals surface area contributed by atoms with Gasteiger partial charge in [0.2, 0.25) is 0 Å². The quantitative estimate of drug-likeness (QED) is 0.816.